The first-order valence-corrected chi connectivity index (χ1v) is 21.1. The van der Waals surface area contributed by atoms with Gasteiger partial charge >= 0.3 is 0 Å². The number of carbonyl (C=O) groups is 2. The van der Waals surface area contributed by atoms with Gasteiger partial charge in [0.25, 0.3) is 5.91 Å². The van der Waals surface area contributed by atoms with Crippen LogP contribution in [0.25, 0.3) is 0 Å². The number of nitrogens with one attached hydrogen (secondary N) is 1. The van der Waals surface area contributed by atoms with Crippen molar-refractivity contribution in [2.75, 3.05) is 44.2 Å². The number of halogens is 2. The van der Waals surface area contributed by atoms with E-state index in [-0.39, 0.29) is 34.8 Å². The summed E-state index contributed by atoms with van der Waals surface area (Å²) in [6, 6.07) is 9.98. The molecule has 2 aliphatic carbocycles. The lowest BCUT2D eigenvalue weighted by Gasteiger charge is -2.43. The lowest BCUT2D eigenvalue weighted by Crippen LogP contribution is -2.56. The van der Waals surface area contributed by atoms with Gasteiger partial charge in [-0.15, -0.1) is 0 Å². The number of allylic oxidation sites excluding steroid dienone is 1. The van der Waals surface area contributed by atoms with E-state index in [0.29, 0.717) is 55.8 Å². The van der Waals surface area contributed by atoms with E-state index in [1.807, 2.05) is 17.0 Å². The number of rotatable bonds is 1. The highest BCUT2D eigenvalue weighted by Gasteiger charge is 2.49. The molecule has 12 heteroatoms. The number of anilines is 1. The second-order valence-corrected chi connectivity index (χ2v) is 19.0. The molecule has 0 radical (unpaired) electrons. The Kier molecular flexibility index (Phi) is 9.38. The topological polar surface area (TPSA) is 99.3 Å². The molecule has 1 saturated carbocycles. The molecular formula is C40H50ClFN4O5S. The summed E-state index contributed by atoms with van der Waals surface area (Å²) < 4.78 is 52.8. The number of amides is 2. The molecule has 2 aromatic rings. The summed E-state index contributed by atoms with van der Waals surface area (Å²) >= 11 is 6.47. The highest BCUT2D eigenvalue weighted by Crippen LogP contribution is 2.52. The van der Waals surface area contributed by atoms with Crippen LogP contribution in [-0.4, -0.2) is 86.7 Å². The Morgan fingerprint density at radius 3 is 2.65 bits per heavy atom. The van der Waals surface area contributed by atoms with E-state index in [4.69, 9.17) is 16.3 Å². The predicted octanol–water partition coefficient (Wildman–Crippen LogP) is 6.39. The number of likely N-dealkylation sites (tertiary alicyclic amines) is 1. The van der Waals surface area contributed by atoms with E-state index in [0.717, 1.165) is 57.8 Å². The summed E-state index contributed by atoms with van der Waals surface area (Å²) in [5.41, 5.74) is 3.10. The maximum atomic E-state index is 16.9. The number of hydrogen-bond donors (Lipinski definition) is 1. The molecule has 52 heavy (non-hydrogen) atoms. The van der Waals surface area contributed by atoms with Gasteiger partial charge in [-0.3, -0.25) is 14.5 Å². The van der Waals surface area contributed by atoms with Crippen molar-refractivity contribution >= 4 is 39.1 Å². The first-order valence-electron chi connectivity index (χ1n) is 19.1. The van der Waals surface area contributed by atoms with Gasteiger partial charge in [-0.1, -0.05) is 30.7 Å². The molecule has 2 saturated heterocycles. The Balaban J connectivity index is 1.22. The first kappa shape index (κ1) is 35.9. The molecule has 4 aliphatic heterocycles. The van der Waals surface area contributed by atoms with Crippen LogP contribution >= 0.6 is 11.6 Å². The van der Waals surface area contributed by atoms with Gasteiger partial charge in [-0.05, 0) is 130 Å². The molecule has 9 nitrogen and oxygen atoms in total. The van der Waals surface area contributed by atoms with Crippen molar-refractivity contribution in [3.63, 3.8) is 0 Å². The van der Waals surface area contributed by atoms with Crippen LogP contribution in [0.3, 0.4) is 0 Å². The number of fused-ring (bicyclic) bond motifs is 4. The van der Waals surface area contributed by atoms with E-state index in [9.17, 15) is 18.0 Å². The number of carbonyl (C=O) groups excluding carboxylic acids is 2. The molecule has 2 bridgehead atoms. The summed E-state index contributed by atoms with van der Waals surface area (Å²) in [6.45, 7) is 6.63. The summed E-state index contributed by atoms with van der Waals surface area (Å²) in [7, 11) is -4.11. The third-order valence-electron chi connectivity index (χ3n) is 13.1. The molecule has 0 aromatic heterocycles. The van der Waals surface area contributed by atoms with Crippen LogP contribution < -0.4 is 14.4 Å². The minimum atomic E-state index is -4.11. The van der Waals surface area contributed by atoms with Crippen molar-refractivity contribution in [3.05, 3.63) is 70.0 Å². The predicted molar refractivity (Wildman–Crippen MR) is 200 cm³/mol. The van der Waals surface area contributed by atoms with Crippen molar-refractivity contribution in [2.24, 2.45) is 11.3 Å². The Labute approximate surface area is 311 Å². The average Bonchev–Trinajstić information content (AvgIpc) is 3.75. The van der Waals surface area contributed by atoms with Gasteiger partial charge in [0.05, 0.1) is 17.5 Å². The molecule has 5 atom stereocenters. The van der Waals surface area contributed by atoms with E-state index < -0.39 is 39.0 Å². The Hall–Kier alpha value is -3.15. The van der Waals surface area contributed by atoms with Crippen molar-refractivity contribution in [3.8, 4) is 5.75 Å². The van der Waals surface area contributed by atoms with E-state index in [1.54, 1.807) is 32.0 Å². The second-order valence-electron chi connectivity index (χ2n) is 16.6. The molecule has 2 amide bonds. The molecule has 8 rings (SSSR count). The van der Waals surface area contributed by atoms with Crippen molar-refractivity contribution in [2.45, 2.75) is 101 Å². The van der Waals surface area contributed by atoms with Gasteiger partial charge in [0.2, 0.25) is 15.9 Å². The highest BCUT2D eigenvalue weighted by atomic mass is 35.5. The molecule has 4 heterocycles. The number of piperidine rings is 1. The van der Waals surface area contributed by atoms with Gasteiger partial charge in [0.15, 0.2) is 0 Å². The van der Waals surface area contributed by atoms with E-state index in [1.165, 1.54) is 17.2 Å². The molecule has 2 spiro atoms. The maximum Gasteiger partial charge on any atom is 0.264 e. The van der Waals surface area contributed by atoms with Crippen molar-refractivity contribution in [1.29, 1.82) is 0 Å². The number of hydrogen-bond acceptors (Lipinski definition) is 7. The number of nitrogens with zero attached hydrogens (tertiary/aromatic N) is 3. The standard InChI is InChI=1S/C40H50ClFN4O5S/c1-26-8-12-33(42)36(38(48)44-18-5-14-39(23-44)16-17-39)46-19-4-7-31(46)22-45-24-40(15-3-6-28-20-30(41)10-11-32(28)40)25-51-35-13-9-29(21-34(35)45)37(47)43-52(49,50)27(26)2/h9-13,20-21,26-27,31,36H,3-8,14-19,22-25H2,1-2H3,(H,43,47)/b33-12-/t26-,27+,31-,36+,40-/m0/s1. The molecular weight excluding hydrogens is 703 g/mol. The third kappa shape index (κ3) is 6.63. The van der Waals surface area contributed by atoms with Crippen LogP contribution in [0.1, 0.15) is 93.1 Å². The lowest BCUT2D eigenvalue weighted by molar-refractivity contribution is -0.138. The number of aryl methyl sites for hydroxylation is 1. The monoisotopic (exact) mass is 752 g/mol. The van der Waals surface area contributed by atoms with Crippen molar-refractivity contribution in [1.82, 2.24) is 14.5 Å². The normalized spacial score (nSPS) is 32.5. The Bertz CT molecular complexity index is 1900. The largest absolute Gasteiger partial charge is 0.490 e. The van der Waals surface area contributed by atoms with Crippen LogP contribution in [0.2, 0.25) is 5.02 Å². The summed E-state index contributed by atoms with van der Waals surface area (Å²) in [4.78, 5) is 34.4. The van der Waals surface area contributed by atoms with Gasteiger partial charge in [0, 0.05) is 48.2 Å². The van der Waals surface area contributed by atoms with Crippen LogP contribution in [0.4, 0.5) is 10.1 Å². The van der Waals surface area contributed by atoms with Crippen LogP contribution in [0, 0.1) is 11.3 Å². The Morgan fingerprint density at radius 2 is 1.85 bits per heavy atom. The minimum Gasteiger partial charge on any atom is -0.490 e. The van der Waals surface area contributed by atoms with Crippen molar-refractivity contribution < 1.29 is 27.1 Å². The lowest BCUT2D eigenvalue weighted by atomic mass is 9.70. The van der Waals surface area contributed by atoms with Gasteiger partial charge < -0.3 is 14.5 Å². The van der Waals surface area contributed by atoms with Crippen LogP contribution in [-0.2, 0) is 26.7 Å². The average molecular weight is 753 g/mol. The molecule has 0 unspecified atom stereocenters. The number of sulfonamides is 1. The van der Waals surface area contributed by atoms with Crippen LogP contribution in [0.5, 0.6) is 5.75 Å². The second kappa shape index (κ2) is 13.6. The van der Waals surface area contributed by atoms with Gasteiger partial charge in [-0.25, -0.2) is 17.5 Å². The zero-order chi connectivity index (χ0) is 36.4. The zero-order valence-electron chi connectivity index (χ0n) is 30.2. The molecule has 280 valence electrons. The highest BCUT2D eigenvalue weighted by molar-refractivity contribution is 7.90. The minimum absolute atomic E-state index is 0.114. The molecule has 2 aromatic carbocycles. The number of ether oxygens (including phenoxy) is 1. The summed E-state index contributed by atoms with van der Waals surface area (Å²) in [5, 5.41) is -0.291. The SMILES string of the molecule is C[C@@H]1[C@@H](C)C/C=C(\F)[C@H](C(=O)N2CCCC3(CC3)C2)N2CCC[C@H]2CN2C[C@@]3(CCCc4cc(Cl)ccc43)COc3ccc(cc32)C(=O)NS1(=O)=O. The van der Waals surface area contributed by atoms with Gasteiger partial charge in [-0.2, -0.15) is 0 Å². The molecule has 1 N–H and O–H groups in total. The fourth-order valence-corrected chi connectivity index (χ4v) is 11.1. The fraction of sp³-hybridized carbons (Fsp3) is 0.600. The zero-order valence-corrected chi connectivity index (χ0v) is 31.8. The van der Waals surface area contributed by atoms with Gasteiger partial charge in [0.1, 0.15) is 17.6 Å². The van der Waals surface area contributed by atoms with E-state index >= 15 is 4.39 Å². The van der Waals surface area contributed by atoms with Crippen LogP contribution in [0.15, 0.2) is 48.3 Å². The maximum absolute atomic E-state index is 16.9. The molecule has 6 aliphatic rings. The number of benzene rings is 2. The quantitative estimate of drug-likeness (QED) is 0.361. The van der Waals surface area contributed by atoms with E-state index in [2.05, 4.69) is 20.6 Å². The smallest absolute Gasteiger partial charge is 0.264 e. The fourth-order valence-electron chi connectivity index (χ4n) is 9.66. The molecule has 3 fully saturated rings. The summed E-state index contributed by atoms with van der Waals surface area (Å²) in [5.74, 6) is -1.33. The first-order chi connectivity index (χ1) is 24.9. The Morgan fingerprint density at radius 1 is 1.02 bits per heavy atom. The summed E-state index contributed by atoms with van der Waals surface area (Å²) in [6.07, 6.45) is 10.2. The third-order valence-corrected chi connectivity index (χ3v) is 15.3.